The zero-order valence-electron chi connectivity index (χ0n) is 18.3. The van der Waals surface area contributed by atoms with Crippen molar-refractivity contribution in [2.45, 2.75) is 19.4 Å². The van der Waals surface area contributed by atoms with Crippen LogP contribution in [0.4, 0.5) is 0 Å². The van der Waals surface area contributed by atoms with E-state index in [1.807, 2.05) is 44.3 Å². The number of hydrogen-bond donors (Lipinski definition) is 2. The van der Waals surface area contributed by atoms with Gasteiger partial charge in [-0.25, -0.2) is 4.98 Å². The predicted octanol–water partition coefficient (Wildman–Crippen LogP) is 1.76. The van der Waals surface area contributed by atoms with E-state index in [9.17, 15) is 9.90 Å². The normalized spacial score (nSPS) is 16.9. The molecule has 2 N–H and O–H groups in total. The Morgan fingerprint density at radius 2 is 1.97 bits per heavy atom. The highest BCUT2D eigenvalue weighted by molar-refractivity contribution is 6.07. The fourth-order valence-corrected chi connectivity index (χ4v) is 4.04. The van der Waals surface area contributed by atoms with E-state index in [0.29, 0.717) is 36.7 Å². The second kappa shape index (κ2) is 8.74. The minimum atomic E-state index is -1.05. The first kappa shape index (κ1) is 21.4. The maximum absolute atomic E-state index is 13.2. The molecule has 1 amide bonds. The van der Waals surface area contributed by atoms with Crippen LogP contribution in [0.5, 0.6) is 0 Å². The van der Waals surface area contributed by atoms with Crippen LogP contribution in [0.3, 0.4) is 0 Å². The van der Waals surface area contributed by atoms with Crippen molar-refractivity contribution < 1.29 is 14.6 Å². The molecule has 3 aromatic rings. The first-order chi connectivity index (χ1) is 14.8. The van der Waals surface area contributed by atoms with E-state index < -0.39 is 5.60 Å². The number of aromatic nitrogens is 3. The van der Waals surface area contributed by atoms with Crippen molar-refractivity contribution in [3.8, 4) is 11.3 Å². The first-order valence-electron chi connectivity index (χ1n) is 10.5. The predicted molar refractivity (Wildman–Crippen MR) is 119 cm³/mol. The number of rotatable bonds is 6. The van der Waals surface area contributed by atoms with Gasteiger partial charge in [-0.3, -0.25) is 14.4 Å². The fraction of sp³-hybridized carbons (Fsp3) is 0.435. The molecule has 0 aliphatic carbocycles. The second-order valence-electron chi connectivity index (χ2n) is 8.40. The number of nitrogens with one attached hydrogen (secondary N) is 1. The molecule has 0 spiro atoms. The van der Waals surface area contributed by atoms with E-state index in [1.165, 1.54) is 0 Å². The molecule has 1 unspecified atom stereocenters. The van der Waals surface area contributed by atoms with Crippen LogP contribution in [0.1, 0.15) is 23.0 Å². The summed E-state index contributed by atoms with van der Waals surface area (Å²) in [7, 11) is 1.83. The number of fused-ring (bicyclic) bond motifs is 1. The molecule has 2 aromatic heterocycles. The maximum Gasteiger partial charge on any atom is 0.252 e. The second-order valence-corrected chi connectivity index (χ2v) is 8.40. The van der Waals surface area contributed by atoms with Crippen molar-refractivity contribution in [1.82, 2.24) is 25.0 Å². The lowest BCUT2D eigenvalue weighted by Crippen LogP contribution is -2.51. The standard InChI is InChI=1S/C23H29N5O3/c1-16-20-18(22(29)24-14-23(2,30)15-28-9-11-31-12-10-28)13-19(17-7-5-4-6-8-17)25-21(20)27(3)26-16/h4-8,13,30H,9-12,14-15H2,1-3H3,(H,24,29). The van der Waals surface area contributed by atoms with E-state index in [4.69, 9.17) is 9.72 Å². The number of carbonyl (C=O) groups excluding carboxylic acids is 1. The van der Waals surface area contributed by atoms with Gasteiger partial charge in [0.2, 0.25) is 0 Å². The molecule has 1 atom stereocenters. The molecule has 0 bridgehead atoms. The number of nitrogens with zero attached hydrogens (tertiary/aromatic N) is 4. The average Bonchev–Trinajstić information content (AvgIpc) is 3.06. The van der Waals surface area contributed by atoms with Gasteiger partial charge in [0.25, 0.3) is 5.91 Å². The van der Waals surface area contributed by atoms with Crippen LogP contribution in [0, 0.1) is 6.92 Å². The summed E-state index contributed by atoms with van der Waals surface area (Å²) in [5.74, 6) is -0.247. The van der Waals surface area contributed by atoms with Crippen LogP contribution < -0.4 is 5.32 Å². The van der Waals surface area contributed by atoms with E-state index in [2.05, 4.69) is 15.3 Å². The molecule has 4 rings (SSSR count). The third-order valence-electron chi connectivity index (χ3n) is 5.58. The average molecular weight is 424 g/mol. The Labute approximate surface area is 181 Å². The summed E-state index contributed by atoms with van der Waals surface area (Å²) in [6.45, 7) is 7.14. The summed E-state index contributed by atoms with van der Waals surface area (Å²) >= 11 is 0. The third kappa shape index (κ3) is 4.76. The van der Waals surface area contributed by atoms with Gasteiger partial charge >= 0.3 is 0 Å². The molecule has 8 nitrogen and oxygen atoms in total. The Hall–Kier alpha value is -2.81. The van der Waals surface area contributed by atoms with E-state index in [-0.39, 0.29) is 12.5 Å². The number of carbonyl (C=O) groups is 1. The summed E-state index contributed by atoms with van der Waals surface area (Å²) in [6.07, 6.45) is 0. The molecule has 0 saturated carbocycles. The number of β-amino-alcohol motifs (C(OH)–C–C–N with tert-alkyl or cyclic N) is 1. The number of ether oxygens (including phenoxy) is 1. The lowest BCUT2D eigenvalue weighted by molar-refractivity contribution is -0.0213. The van der Waals surface area contributed by atoms with Gasteiger partial charge < -0.3 is 15.2 Å². The topological polar surface area (TPSA) is 92.5 Å². The van der Waals surface area contributed by atoms with Gasteiger partial charge in [0.1, 0.15) is 0 Å². The molecule has 1 aliphatic rings. The van der Waals surface area contributed by atoms with Crippen molar-refractivity contribution in [1.29, 1.82) is 0 Å². The van der Waals surface area contributed by atoms with Crippen LogP contribution in [-0.2, 0) is 11.8 Å². The lowest BCUT2D eigenvalue weighted by Gasteiger charge is -2.33. The monoisotopic (exact) mass is 423 g/mol. The number of aryl methyl sites for hydroxylation is 2. The van der Waals surface area contributed by atoms with E-state index >= 15 is 0 Å². The molecule has 8 heteroatoms. The highest BCUT2D eigenvalue weighted by atomic mass is 16.5. The Balaban J connectivity index is 1.59. The lowest BCUT2D eigenvalue weighted by atomic mass is 10.0. The summed E-state index contributed by atoms with van der Waals surface area (Å²) in [6, 6.07) is 11.6. The Bertz CT molecular complexity index is 1070. The van der Waals surface area contributed by atoms with E-state index in [1.54, 1.807) is 17.7 Å². The molecule has 164 valence electrons. The van der Waals surface area contributed by atoms with Crippen LogP contribution in [-0.4, -0.2) is 75.7 Å². The van der Waals surface area contributed by atoms with Gasteiger partial charge in [0, 0.05) is 38.8 Å². The highest BCUT2D eigenvalue weighted by Gasteiger charge is 2.27. The molecule has 31 heavy (non-hydrogen) atoms. The molecular formula is C23H29N5O3. The number of pyridine rings is 1. The van der Waals surface area contributed by atoms with Gasteiger partial charge in [-0.1, -0.05) is 30.3 Å². The Morgan fingerprint density at radius 3 is 2.68 bits per heavy atom. The number of morpholine rings is 1. The minimum absolute atomic E-state index is 0.146. The third-order valence-corrected chi connectivity index (χ3v) is 5.58. The highest BCUT2D eigenvalue weighted by Crippen LogP contribution is 2.26. The summed E-state index contributed by atoms with van der Waals surface area (Å²) in [5, 5.41) is 19.0. The molecule has 0 radical (unpaired) electrons. The van der Waals surface area contributed by atoms with Crippen LogP contribution in [0.2, 0.25) is 0 Å². The zero-order chi connectivity index (χ0) is 22.0. The van der Waals surface area contributed by atoms with Gasteiger partial charge in [-0.2, -0.15) is 5.10 Å². The smallest absolute Gasteiger partial charge is 0.252 e. The van der Waals surface area contributed by atoms with Crippen LogP contribution in [0.15, 0.2) is 36.4 Å². The minimum Gasteiger partial charge on any atom is -0.387 e. The van der Waals surface area contributed by atoms with Crippen LogP contribution in [0.25, 0.3) is 22.3 Å². The quantitative estimate of drug-likeness (QED) is 0.628. The van der Waals surface area contributed by atoms with E-state index in [0.717, 1.165) is 29.7 Å². The van der Waals surface area contributed by atoms with Crippen molar-refractivity contribution in [3.05, 3.63) is 47.7 Å². The summed E-state index contributed by atoms with van der Waals surface area (Å²) in [4.78, 5) is 20.1. The number of benzene rings is 1. The molecule has 1 aliphatic heterocycles. The molecule has 1 saturated heterocycles. The van der Waals surface area contributed by atoms with Crippen molar-refractivity contribution in [2.24, 2.45) is 7.05 Å². The zero-order valence-corrected chi connectivity index (χ0v) is 18.3. The SMILES string of the molecule is Cc1nn(C)c2nc(-c3ccccc3)cc(C(=O)NCC(C)(O)CN3CCOCC3)c12. The first-order valence-corrected chi connectivity index (χ1v) is 10.5. The maximum atomic E-state index is 13.2. The van der Waals surface area contributed by atoms with Gasteiger partial charge in [-0.15, -0.1) is 0 Å². The molecule has 1 fully saturated rings. The Morgan fingerprint density at radius 1 is 1.26 bits per heavy atom. The summed E-state index contributed by atoms with van der Waals surface area (Å²) in [5.41, 5.74) is 2.50. The number of hydrogen-bond acceptors (Lipinski definition) is 6. The number of aliphatic hydroxyl groups is 1. The molecule has 1 aromatic carbocycles. The van der Waals surface area contributed by atoms with Crippen molar-refractivity contribution >= 4 is 16.9 Å². The largest absolute Gasteiger partial charge is 0.387 e. The summed E-state index contributed by atoms with van der Waals surface area (Å²) < 4.78 is 7.06. The van der Waals surface area contributed by atoms with Gasteiger partial charge in [0.05, 0.1) is 41.2 Å². The van der Waals surface area contributed by atoms with Crippen LogP contribution >= 0.6 is 0 Å². The van der Waals surface area contributed by atoms with Gasteiger partial charge in [-0.05, 0) is 19.9 Å². The number of amides is 1. The fourth-order valence-electron chi connectivity index (χ4n) is 4.04. The van der Waals surface area contributed by atoms with Crippen molar-refractivity contribution in [3.63, 3.8) is 0 Å². The van der Waals surface area contributed by atoms with Crippen molar-refractivity contribution in [2.75, 3.05) is 39.4 Å². The van der Waals surface area contributed by atoms with Gasteiger partial charge in [0.15, 0.2) is 5.65 Å². The molecular weight excluding hydrogens is 394 g/mol. The Kier molecular flexibility index (Phi) is 6.04. The molecule has 3 heterocycles.